The molecule has 2 heterocycles. The second-order valence-electron chi connectivity index (χ2n) is 7.04. The summed E-state index contributed by atoms with van der Waals surface area (Å²) in [4.78, 5) is 32.5. The van der Waals surface area contributed by atoms with Crippen molar-refractivity contribution in [2.24, 2.45) is 0 Å². The number of aromatic amines is 1. The lowest BCUT2D eigenvalue weighted by Crippen LogP contribution is -2.19. The average Bonchev–Trinajstić information content (AvgIpc) is 3.17. The molecule has 2 aromatic heterocycles. The maximum atomic E-state index is 12.8. The molecule has 0 fully saturated rings. The first-order chi connectivity index (χ1) is 14.5. The van der Waals surface area contributed by atoms with Gasteiger partial charge in [0.1, 0.15) is 10.1 Å². The molecule has 0 aliphatic heterocycles. The van der Waals surface area contributed by atoms with E-state index in [1.165, 1.54) is 16.9 Å². The van der Waals surface area contributed by atoms with E-state index in [0.717, 1.165) is 28.5 Å². The van der Waals surface area contributed by atoms with Crippen LogP contribution in [0.1, 0.15) is 17.5 Å². The molecule has 2 N–H and O–H groups in total. The summed E-state index contributed by atoms with van der Waals surface area (Å²) in [6.07, 6.45) is 1.10. The van der Waals surface area contributed by atoms with Gasteiger partial charge in [0.15, 0.2) is 5.16 Å². The number of nitrogens with zero attached hydrogens (tertiary/aromatic N) is 1. The van der Waals surface area contributed by atoms with E-state index in [1.54, 1.807) is 0 Å². The van der Waals surface area contributed by atoms with Gasteiger partial charge < -0.3 is 10.1 Å². The number of fused-ring (bicyclic) bond motifs is 1. The van der Waals surface area contributed by atoms with E-state index < -0.39 is 11.2 Å². The van der Waals surface area contributed by atoms with E-state index in [4.69, 9.17) is 0 Å². The molecule has 1 unspecified atom stereocenters. The Morgan fingerprint density at radius 3 is 2.60 bits per heavy atom. The Kier molecular flexibility index (Phi) is 6.01. The summed E-state index contributed by atoms with van der Waals surface area (Å²) < 4.78 is 0. The quantitative estimate of drug-likeness (QED) is 0.310. The zero-order valence-electron chi connectivity index (χ0n) is 16.3. The van der Waals surface area contributed by atoms with Crippen LogP contribution < -0.4 is 5.56 Å². The van der Waals surface area contributed by atoms with Crippen LogP contribution in [0.4, 0.5) is 0 Å². The van der Waals surface area contributed by atoms with Gasteiger partial charge in [0.25, 0.3) is 5.56 Å². The summed E-state index contributed by atoms with van der Waals surface area (Å²) in [5.41, 5.74) is 3.82. The number of carbonyl (C=O) groups is 1. The number of aliphatic carboxylic acids is 1. The SMILES string of the molecule is Cc1ccc(CCC(Sc2nc3scc(-c4ccccc4)c3c(=O)[nH]2)C(=O)O)cc1. The minimum atomic E-state index is -0.911. The van der Waals surface area contributed by atoms with Crippen molar-refractivity contribution in [1.29, 1.82) is 0 Å². The third-order valence-corrected chi connectivity index (χ3v) is 6.86. The molecule has 5 nitrogen and oxygen atoms in total. The van der Waals surface area contributed by atoms with E-state index in [1.807, 2.05) is 66.9 Å². The number of benzene rings is 2. The zero-order chi connectivity index (χ0) is 21.1. The van der Waals surface area contributed by atoms with Crippen LogP contribution in [0.25, 0.3) is 21.3 Å². The number of hydrogen-bond donors (Lipinski definition) is 2. The zero-order valence-corrected chi connectivity index (χ0v) is 17.9. The molecular formula is C23H20N2O3S2. The normalized spacial score (nSPS) is 12.2. The number of nitrogens with one attached hydrogen (secondary N) is 1. The van der Waals surface area contributed by atoms with Crippen molar-refractivity contribution in [3.63, 3.8) is 0 Å². The molecule has 4 aromatic rings. The lowest BCUT2D eigenvalue weighted by molar-refractivity contribution is -0.136. The van der Waals surface area contributed by atoms with Gasteiger partial charge in [-0.2, -0.15) is 0 Å². The molecule has 0 amide bonds. The van der Waals surface area contributed by atoms with Crippen LogP contribution in [-0.2, 0) is 11.2 Å². The summed E-state index contributed by atoms with van der Waals surface area (Å²) in [5.74, 6) is -0.911. The topological polar surface area (TPSA) is 83.0 Å². The molecular weight excluding hydrogens is 416 g/mol. The molecule has 0 aliphatic rings. The lowest BCUT2D eigenvalue weighted by atomic mass is 10.1. The summed E-state index contributed by atoms with van der Waals surface area (Å²) in [6.45, 7) is 2.02. The maximum absolute atomic E-state index is 12.8. The van der Waals surface area contributed by atoms with Crippen molar-refractivity contribution in [1.82, 2.24) is 9.97 Å². The van der Waals surface area contributed by atoms with Gasteiger partial charge in [-0.25, -0.2) is 4.98 Å². The molecule has 0 aliphatic carbocycles. The third kappa shape index (κ3) is 4.47. The number of thioether (sulfide) groups is 1. The molecule has 0 radical (unpaired) electrons. The van der Waals surface area contributed by atoms with E-state index >= 15 is 0 Å². The van der Waals surface area contributed by atoms with Crippen LogP contribution in [0, 0.1) is 6.92 Å². The minimum absolute atomic E-state index is 0.245. The lowest BCUT2D eigenvalue weighted by Gasteiger charge is -2.11. The number of rotatable bonds is 7. The first kappa shape index (κ1) is 20.4. The Morgan fingerprint density at radius 2 is 1.90 bits per heavy atom. The van der Waals surface area contributed by atoms with Gasteiger partial charge in [-0.1, -0.05) is 71.9 Å². The Balaban J connectivity index is 1.56. The van der Waals surface area contributed by atoms with E-state index in [2.05, 4.69) is 9.97 Å². The van der Waals surface area contributed by atoms with Crippen LogP contribution in [0.2, 0.25) is 0 Å². The molecule has 0 saturated heterocycles. The molecule has 7 heteroatoms. The fourth-order valence-corrected chi connectivity index (χ4v) is 5.14. The molecule has 4 rings (SSSR count). The van der Waals surface area contributed by atoms with E-state index in [0.29, 0.717) is 28.2 Å². The number of thiophene rings is 1. The minimum Gasteiger partial charge on any atom is -0.480 e. The van der Waals surface area contributed by atoms with Crippen LogP contribution in [0.3, 0.4) is 0 Å². The van der Waals surface area contributed by atoms with Crippen LogP contribution in [-0.4, -0.2) is 26.3 Å². The molecule has 30 heavy (non-hydrogen) atoms. The number of aromatic nitrogens is 2. The van der Waals surface area contributed by atoms with Crippen molar-refractivity contribution in [2.75, 3.05) is 0 Å². The van der Waals surface area contributed by atoms with E-state index in [9.17, 15) is 14.7 Å². The Labute approximate surface area is 181 Å². The monoisotopic (exact) mass is 436 g/mol. The Bertz CT molecular complexity index is 1230. The first-order valence-corrected chi connectivity index (χ1v) is 11.3. The van der Waals surface area contributed by atoms with E-state index in [-0.39, 0.29) is 5.56 Å². The van der Waals surface area contributed by atoms with Crippen molar-refractivity contribution in [2.45, 2.75) is 30.2 Å². The molecule has 152 valence electrons. The number of aryl methyl sites for hydroxylation is 2. The van der Waals surface area contributed by atoms with Gasteiger partial charge in [-0.05, 0) is 30.9 Å². The molecule has 1 atom stereocenters. The molecule has 0 saturated carbocycles. The van der Waals surface area contributed by atoms with Crippen molar-refractivity contribution < 1.29 is 9.90 Å². The summed E-state index contributed by atoms with van der Waals surface area (Å²) >= 11 is 2.49. The van der Waals surface area contributed by atoms with Gasteiger partial charge in [0.05, 0.1) is 5.39 Å². The van der Waals surface area contributed by atoms with Crippen LogP contribution >= 0.6 is 23.1 Å². The van der Waals surface area contributed by atoms with Crippen LogP contribution in [0.5, 0.6) is 0 Å². The van der Waals surface area contributed by atoms with Crippen molar-refractivity contribution in [3.8, 4) is 11.1 Å². The smallest absolute Gasteiger partial charge is 0.317 e. The predicted molar refractivity (Wildman–Crippen MR) is 122 cm³/mol. The molecule has 0 bridgehead atoms. The first-order valence-electron chi connectivity index (χ1n) is 9.53. The van der Waals surface area contributed by atoms with Crippen molar-refractivity contribution >= 4 is 39.3 Å². The summed E-state index contributed by atoms with van der Waals surface area (Å²) in [5, 5.41) is 11.8. The standard InChI is InChI=1S/C23H20N2O3S2/c1-14-7-9-15(10-8-14)11-12-18(22(27)28)30-23-24-20(26)19-17(13-29-21(19)25-23)16-5-3-2-4-6-16/h2-10,13,18H,11-12H2,1H3,(H,27,28)(H,24,25,26). The highest BCUT2D eigenvalue weighted by molar-refractivity contribution is 8.00. The third-order valence-electron chi connectivity index (χ3n) is 4.85. The van der Waals surface area contributed by atoms with Gasteiger partial charge in [-0.3, -0.25) is 9.59 Å². The number of carboxylic acids is 1. The summed E-state index contributed by atoms with van der Waals surface area (Å²) in [6, 6.07) is 17.8. The fourth-order valence-electron chi connectivity index (χ4n) is 3.24. The van der Waals surface area contributed by atoms with Gasteiger partial charge in [0, 0.05) is 10.9 Å². The average molecular weight is 437 g/mol. The number of carboxylic acid groups (broad SMARTS) is 1. The number of hydrogen-bond acceptors (Lipinski definition) is 5. The maximum Gasteiger partial charge on any atom is 0.317 e. The highest BCUT2D eigenvalue weighted by atomic mass is 32.2. The Hall–Kier alpha value is -2.90. The van der Waals surface area contributed by atoms with Crippen LogP contribution in [0.15, 0.2) is 69.9 Å². The van der Waals surface area contributed by atoms with Gasteiger partial charge >= 0.3 is 5.97 Å². The van der Waals surface area contributed by atoms with Gasteiger partial charge in [-0.15, -0.1) is 11.3 Å². The van der Waals surface area contributed by atoms with Gasteiger partial charge in [0.2, 0.25) is 0 Å². The highest BCUT2D eigenvalue weighted by Crippen LogP contribution is 2.32. The molecule has 0 spiro atoms. The predicted octanol–water partition coefficient (Wildman–Crippen LogP) is 5.14. The largest absolute Gasteiger partial charge is 0.480 e. The number of H-pyrrole nitrogens is 1. The van der Waals surface area contributed by atoms with Crippen molar-refractivity contribution in [3.05, 3.63) is 81.5 Å². The highest BCUT2D eigenvalue weighted by Gasteiger charge is 2.21. The second-order valence-corrected chi connectivity index (χ2v) is 9.09. The Morgan fingerprint density at radius 1 is 1.17 bits per heavy atom. The second kappa shape index (κ2) is 8.85. The molecule has 2 aromatic carbocycles. The summed E-state index contributed by atoms with van der Waals surface area (Å²) in [7, 11) is 0. The fraction of sp³-hybridized carbons (Fsp3) is 0.174.